The second-order valence-corrected chi connectivity index (χ2v) is 6.49. The first kappa shape index (κ1) is 15.7. The number of piperidine rings is 1. The van der Waals surface area contributed by atoms with Crippen molar-refractivity contribution in [3.05, 3.63) is 15.9 Å². The third kappa shape index (κ3) is 2.84. The number of nitrogens with zero attached hydrogens (tertiary/aromatic N) is 2. The molecule has 0 aromatic carbocycles. The van der Waals surface area contributed by atoms with Crippen molar-refractivity contribution >= 4 is 21.7 Å². The van der Waals surface area contributed by atoms with Crippen LogP contribution in [0.25, 0.3) is 0 Å². The molecule has 0 aliphatic carbocycles. The van der Waals surface area contributed by atoms with E-state index in [9.17, 15) is 4.79 Å². The smallest absolute Gasteiger partial charge is 0.146 e. The lowest BCUT2D eigenvalue weighted by Gasteiger charge is -2.35. The average Bonchev–Trinajstić information content (AvgIpc) is 2.75. The van der Waals surface area contributed by atoms with E-state index in [2.05, 4.69) is 40.2 Å². The molecule has 0 spiro atoms. The summed E-state index contributed by atoms with van der Waals surface area (Å²) in [6, 6.07) is 0. The molecule has 1 fully saturated rings. The van der Waals surface area contributed by atoms with Crippen molar-refractivity contribution < 1.29 is 4.79 Å². The molecule has 1 unspecified atom stereocenters. The van der Waals surface area contributed by atoms with Crippen LogP contribution in [0, 0.1) is 5.41 Å². The van der Waals surface area contributed by atoms with E-state index in [0.717, 1.165) is 54.6 Å². The number of hydrogen-bond acceptors (Lipinski definition) is 3. The van der Waals surface area contributed by atoms with Gasteiger partial charge in [0.15, 0.2) is 0 Å². The number of carbonyl (C=O) groups excluding carboxylic acids is 1. The Balaban J connectivity index is 2.20. The van der Waals surface area contributed by atoms with Crippen LogP contribution in [0.15, 0.2) is 4.47 Å². The first-order valence-corrected chi connectivity index (χ1v) is 8.27. The summed E-state index contributed by atoms with van der Waals surface area (Å²) < 4.78 is 2.85. The minimum Gasteiger partial charge on any atom is -0.316 e. The van der Waals surface area contributed by atoms with Gasteiger partial charge in [-0.2, -0.15) is 5.10 Å². The third-order valence-electron chi connectivity index (χ3n) is 4.57. The minimum atomic E-state index is -0.186. The van der Waals surface area contributed by atoms with Crippen molar-refractivity contribution in [2.24, 2.45) is 12.5 Å². The fraction of sp³-hybridized carbons (Fsp3) is 0.733. The van der Waals surface area contributed by atoms with Crippen LogP contribution in [-0.2, 0) is 24.7 Å². The van der Waals surface area contributed by atoms with E-state index in [4.69, 9.17) is 0 Å². The van der Waals surface area contributed by atoms with Gasteiger partial charge in [0, 0.05) is 19.0 Å². The SMILES string of the molecule is CCc1nn(C)c(CC(=O)C2(CC)CCCNC2)c1Br. The van der Waals surface area contributed by atoms with Crippen LogP contribution in [0.2, 0.25) is 0 Å². The molecular formula is C15H24BrN3O. The fourth-order valence-corrected chi connectivity index (χ4v) is 3.81. The summed E-state index contributed by atoms with van der Waals surface area (Å²) in [4.78, 5) is 12.8. The Bertz CT molecular complexity index is 490. The van der Waals surface area contributed by atoms with Gasteiger partial charge in [-0.25, -0.2) is 0 Å². The van der Waals surface area contributed by atoms with E-state index in [0.29, 0.717) is 12.2 Å². The van der Waals surface area contributed by atoms with Crippen molar-refractivity contribution in [2.75, 3.05) is 13.1 Å². The van der Waals surface area contributed by atoms with Gasteiger partial charge in [-0.1, -0.05) is 13.8 Å². The molecule has 0 bridgehead atoms. The predicted molar refractivity (Wildman–Crippen MR) is 83.8 cm³/mol. The van der Waals surface area contributed by atoms with E-state index in [1.807, 2.05) is 11.7 Å². The molecular weight excluding hydrogens is 318 g/mol. The summed E-state index contributed by atoms with van der Waals surface area (Å²) in [5.41, 5.74) is 1.85. The number of rotatable bonds is 5. The molecule has 0 amide bonds. The number of aryl methyl sites for hydroxylation is 2. The number of carbonyl (C=O) groups is 1. The first-order valence-electron chi connectivity index (χ1n) is 7.48. The molecule has 2 heterocycles. The van der Waals surface area contributed by atoms with Gasteiger partial charge in [0.1, 0.15) is 5.78 Å². The van der Waals surface area contributed by atoms with E-state index < -0.39 is 0 Å². The lowest BCUT2D eigenvalue weighted by molar-refractivity contribution is -0.129. The van der Waals surface area contributed by atoms with Gasteiger partial charge in [-0.05, 0) is 48.2 Å². The number of hydrogen-bond donors (Lipinski definition) is 1. The zero-order valence-corrected chi connectivity index (χ0v) is 14.2. The summed E-state index contributed by atoms with van der Waals surface area (Å²) in [5, 5.41) is 7.86. The summed E-state index contributed by atoms with van der Waals surface area (Å²) in [6.45, 7) is 6.06. The Morgan fingerprint density at radius 2 is 2.25 bits per heavy atom. The van der Waals surface area contributed by atoms with Crippen LogP contribution >= 0.6 is 15.9 Å². The standard InChI is InChI=1S/C15H24BrN3O/c1-4-11-14(16)12(19(3)18-11)9-13(20)15(5-2)7-6-8-17-10-15/h17H,4-10H2,1-3H3. The van der Waals surface area contributed by atoms with E-state index in [1.54, 1.807) is 0 Å². The molecule has 0 radical (unpaired) electrons. The van der Waals surface area contributed by atoms with Gasteiger partial charge < -0.3 is 5.32 Å². The number of nitrogens with one attached hydrogen (secondary N) is 1. The van der Waals surface area contributed by atoms with Gasteiger partial charge in [0.25, 0.3) is 0 Å². The first-order chi connectivity index (χ1) is 9.54. The molecule has 1 aromatic heterocycles. The van der Waals surface area contributed by atoms with Crippen molar-refractivity contribution in [3.8, 4) is 0 Å². The largest absolute Gasteiger partial charge is 0.316 e. The maximum atomic E-state index is 12.8. The Morgan fingerprint density at radius 1 is 1.50 bits per heavy atom. The van der Waals surface area contributed by atoms with Crippen LogP contribution in [-0.4, -0.2) is 28.7 Å². The molecule has 0 saturated carbocycles. The molecule has 1 N–H and O–H groups in total. The van der Waals surface area contributed by atoms with Crippen LogP contribution in [0.5, 0.6) is 0 Å². The zero-order valence-electron chi connectivity index (χ0n) is 12.6. The van der Waals surface area contributed by atoms with Crippen molar-refractivity contribution in [3.63, 3.8) is 0 Å². The summed E-state index contributed by atoms with van der Waals surface area (Å²) in [5.74, 6) is 0.346. The third-order valence-corrected chi connectivity index (χ3v) is 5.49. The summed E-state index contributed by atoms with van der Waals surface area (Å²) >= 11 is 3.60. The van der Waals surface area contributed by atoms with Crippen LogP contribution < -0.4 is 5.32 Å². The molecule has 1 aliphatic heterocycles. The minimum absolute atomic E-state index is 0.186. The Kier molecular flexibility index (Phi) is 5.02. The molecule has 1 aromatic rings. The molecule has 1 aliphatic rings. The Hall–Kier alpha value is -0.680. The number of aromatic nitrogens is 2. The highest BCUT2D eigenvalue weighted by atomic mass is 79.9. The van der Waals surface area contributed by atoms with Crippen molar-refractivity contribution in [1.82, 2.24) is 15.1 Å². The summed E-state index contributed by atoms with van der Waals surface area (Å²) in [7, 11) is 1.92. The van der Waals surface area contributed by atoms with Crippen LogP contribution in [0.4, 0.5) is 0 Å². The topological polar surface area (TPSA) is 46.9 Å². The molecule has 5 heteroatoms. The van der Waals surface area contributed by atoms with Gasteiger partial charge in [0.2, 0.25) is 0 Å². The van der Waals surface area contributed by atoms with Gasteiger partial charge >= 0.3 is 0 Å². The zero-order chi connectivity index (χ0) is 14.8. The van der Waals surface area contributed by atoms with Gasteiger partial charge in [-0.3, -0.25) is 9.48 Å². The molecule has 1 saturated heterocycles. The fourth-order valence-electron chi connectivity index (χ4n) is 3.06. The van der Waals surface area contributed by atoms with Crippen molar-refractivity contribution in [2.45, 2.75) is 46.0 Å². The Labute approximate surface area is 129 Å². The molecule has 20 heavy (non-hydrogen) atoms. The van der Waals surface area contributed by atoms with Crippen molar-refractivity contribution in [1.29, 1.82) is 0 Å². The van der Waals surface area contributed by atoms with Crippen LogP contribution in [0.1, 0.15) is 44.5 Å². The highest BCUT2D eigenvalue weighted by molar-refractivity contribution is 9.10. The second-order valence-electron chi connectivity index (χ2n) is 5.70. The Morgan fingerprint density at radius 3 is 2.75 bits per heavy atom. The highest BCUT2D eigenvalue weighted by Crippen LogP contribution is 2.33. The van der Waals surface area contributed by atoms with Gasteiger partial charge in [-0.15, -0.1) is 0 Å². The number of Topliss-reactive ketones (excluding diaryl/α,β-unsaturated/α-hetero) is 1. The maximum Gasteiger partial charge on any atom is 0.146 e. The number of halogens is 1. The second kappa shape index (κ2) is 6.39. The quantitative estimate of drug-likeness (QED) is 0.895. The van der Waals surface area contributed by atoms with Crippen LogP contribution in [0.3, 0.4) is 0 Å². The predicted octanol–water partition coefficient (Wildman–Crippen LogP) is 2.64. The van der Waals surface area contributed by atoms with E-state index in [1.165, 1.54) is 0 Å². The normalized spacial score (nSPS) is 23.0. The molecule has 1 atom stereocenters. The lowest BCUT2D eigenvalue weighted by atomic mass is 9.73. The number of ketones is 1. The van der Waals surface area contributed by atoms with E-state index >= 15 is 0 Å². The average molecular weight is 342 g/mol. The summed E-state index contributed by atoms with van der Waals surface area (Å²) in [6.07, 6.45) is 4.36. The highest BCUT2D eigenvalue weighted by Gasteiger charge is 2.38. The van der Waals surface area contributed by atoms with E-state index in [-0.39, 0.29) is 5.41 Å². The molecule has 112 valence electrons. The van der Waals surface area contributed by atoms with Gasteiger partial charge in [0.05, 0.1) is 22.3 Å². The molecule has 4 nitrogen and oxygen atoms in total. The maximum absolute atomic E-state index is 12.8. The monoisotopic (exact) mass is 341 g/mol. The lowest BCUT2D eigenvalue weighted by Crippen LogP contribution is -2.46. The molecule has 2 rings (SSSR count).